The summed E-state index contributed by atoms with van der Waals surface area (Å²) in [5.74, 6) is 1.01. The molecular formula is C55H61BN2O. The summed E-state index contributed by atoms with van der Waals surface area (Å²) in [4.78, 5) is 5.33. The second-order valence-corrected chi connectivity index (χ2v) is 21.9. The highest BCUT2D eigenvalue weighted by molar-refractivity contribution is 6.91. The number of ether oxygens (including phenoxy) is 1. The van der Waals surface area contributed by atoms with Crippen molar-refractivity contribution in [1.29, 1.82) is 0 Å². The Morgan fingerprint density at radius 2 is 1.25 bits per heavy atom. The van der Waals surface area contributed by atoms with E-state index in [1.54, 1.807) is 0 Å². The number of hydrogen-bond acceptors (Lipinski definition) is 3. The maximum absolute atomic E-state index is 7.45. The maximum Gasteiger partial charge on any atom is 0.267 e. The van der Waals surface area contributed by atoms with Crippen molar-refractivity contribution in [3.05, 3.63) is 142 Å². The van der Waals surface area contributed by atoms with Crippen LogP contribution < -0.4 is 25.5 Å². The van der Waals surface area contributed by atoms with Crippen LogP contribution in [-0.4, -0.2) is 12.7 Å². The lowest BCUT2D eigenvalue weighted by molar-refractivity contribution is 0.282. The van der Waals surface area contributed by atoms with Crippen LogP contribution in [0.2, 0.25) is 0 Å². The van der Waals surface area contributed by atoms with Crippen molar-refractivity contribution < 1.29 is 4.74 Å². The van der Waals surface area contributed by atoms with E-state index in [4.69, 9.17) is 4.74 Å². The Balaban J connectivity index is 1.30. The number of benzene rings is 6. The first-order valence-corrected chi connectivity index (χ1v) is 22.1. The summed E-state index contributed by atoms with van der Waals surface area (Å²) in [6.07, 6.45) is 2.38. The summed E-state index contributed by atoms with van der Waals surface area (Å²) in [5.41, 5.74) is 20.2. The van der Waals surface area contributed by atoms with Crippen molar-refractivity contribution in [3.8, 4) is 5.75 Å². The number of nitrogens with zero attached hydrogens (tertiary/aromatic N) is 2. The van der Waals surface area contributed by atoms with Crippen LogP contribution in [0.25, 0.3) is 10.8 Å². The summed E-state index contributed by atoms with van der Waals surface area (Å²) < 4.78 is 7.45. The molecule has 2 atom stereocenters. The minimum atomic E-state index is -0.137. The normalized spacial score (nSPS) is 19.8. The molecule has 0 spiro atoms. The lowest BCUT2D eigenvalue weighted by Gasteiger charge is -2.49. The Hall–Kier alpha value is -4.96. The van der Waals surface area contributed by atoms with Gasteiger partial charge < -0.3 is 14.5 Å². The third-order valence-corrected chi connectivity index (χ3v) is 14.6. The quantitative estimate of drug-likeness (QED) is 0.163. The molecule has 10 rings (SSSR count). The fraction of sp³-hybridized carbons (Fsp3) is 0.382. The van der Waals surface area contributed by atoms with Crippen LogP contribution in [0, 0.1) is 20.8 Å². The average Bonchev–Trinajstić information content (AvgIpc) is 3.54. The van der Waals surface area contributed by atoms with Gasteiger partial charge in [-0.25, -0.2) is 0 Å². The van der Waals surface area contributed by atoms with Crippen molar-refractivity contribution in [2.75, 3.05) is 9.80 Å². The summed E-state index contributed by atoms with van der Waals surface area (Å²) in [6, 6.07) is 38.0. The molecule has 1 aliphatic carbocycles. The molecule has 6 aromatic rings. The molecule has 0 aromatic heterocycles. The molecule has 0 saturated heterocycles. The van der Waals surface area contributed by atoms with Crippen LogP contribution >= 0.6 is 0 Å². The maximum atomic E-state index is 7.45. The van der Waals surface area contributed by atoms with Gasteiger partial charge in [0.05, 0.1) is 11.7 Å². The molecule has 3 nitrogen and oxygen atoms in total. The van der Waals surface area contributed by atoms with Crippen molar-refractivity contribution in [2.45, 2.75) is 137 Å². The first kappa shape index (κ1) is 38.3. The third-order valence-electron chi connectivity index (χ3n) is 14.6. The standard InChI is InChI=1S/C55H61BN2O/c1-32-24-45-48-46(25-32)58(49-33(2)26-38(27-34(49)3)53(7,8)9)44-29-36-17-15-14-16-35(36)28-43(44)56(48)51-50(40-30-37(52(4,5)6)18-21-47(40)59-51)57(45)39-19-20-41-42(31-39)55(12,13)23-22-54(41,10)11/h14-21,24-31,50-51H,22-23H2,1-13H3. The van der Waals surface area contributed by atoms with Crippen LogP contribution in [-0.2, 0) is 21.7 Å². The fourth-order valence-electron chi connectivity index (χ4n) is 11.2. The fourth-order valence-corrected chi connectivity index (χ4v) is 11.2. The van der Waals surface area contributed by atoms with E-state index in [2.05, 4.69) is 197 Å². The third kappa shape index (κ3) is 5.75. The molecule has 2 unspecified atom stereocenters. The van der Waals surface area contributed by atoms with E-state index in [9.17, 15) is 0 Å². The van der Waals surface area contributed by atoms with Crippen LogP contribution in [0.15, 0.2) is 97.1 Å². The van der Waals surface area contributed by atoms with E-state index in [0.717, 1.165) is 5.75 Å². The first-order valence-electron chi connectivity index (χ1n) is 22.1. The molecule has 0 amide bonds. The first-order chi connectivity index (χ1) is 27.7. The van der Waals surface area contributed by atoms with Gasteiger partial charge in [0, 0.05) is 28.3 Å². The van der Waals surface area contributed by atoms with Crippen LogP contribution in [0.1, 0.15) is 133 Å². The number of aryl methyl sites for hydroxylation is 3. The van der Waals surface area contributed by atoms with Gasteiger partial charge in [-0.3, -0.25) is 0 Å². The largest absolute Gasteiger partial charge is 0.495 e. The molecular weight excluding hydrogens is 715 g/mol. The Kier molecular flexibility index (Phi) is 8.13. The van der Waals surface area contributed by atoms with Gasteiger partial charge in [-0.2, -0.15) is 0 Å². The van der Waals surface area contributed by atoms with Crippen molar-refractivity contribution in [1.82, 2.24) is 0 Å². The minimum absolute atomic E-state index is 0.00478. The van der Waals surface area contributed by atoms with Gasteiger partial charge in [-0.15, -0.1) is 0 Å². The van der Waals surface area contributed by atoms with Gasteiger partial charge in [-0.05, 0) is 158 Å². The summed E-state index contributed by atoms with van der Waals surface area (Å²) in [7, 11) is 0. The molecule has 59 heavy (non-hydrogen) atoms. The van der Waals surface area contributed by atoms with Gasteiger partial charge in [0.1, 0.15) is 11.8 Å². The second kappa shape index (κ2) is 12.5. The highest BCUT2D eigenvalue weighted by Crippen LogP contribution is 2.55. The Morgan fingerprint density at radius 3 is 1.92 bits per heavy atom. The average molecular weight is 777 g/mol. The number of rotatable bonds is 2. The highest BCUT2D eigenvalue weighted by Gasteiger charge is 2.55. The summed E-state index contributed by atoms with van der Waals surface area (Å²) in [5, 5.41) is 2.53. The predicted octanol–water partition coefficient (Wildman–Crippen LogP) is 13.3. The summed E-state index contributed by atoms with van der Waals surface area (Å²) in [6.45, 7) is 30.7. The van der Waals surface area contributed by atoms with E-state index >= 15 is 0 Å². The number of fused-ring (bicyclic) bond motifs is 8. The van der Waals surface area contributed by atoms with Crippen molar-refractivity contribution in [2.24, 2.45) is 0 Å². The van der Waals surface area contributed by atoms with E-state index < -0.39 is 0 Å². The molecule has 0 N–H and O–H groups in total. The molecule has 6 aromatic carbocycles. The van der Waals surface area contributed by atoms with E-state index in [0.29, 0.717) is 0 Å². The van der Waals surface area contributed by atoms with Crippen molar-refractivity contribution in [3.63, 3.8) is 0 Å². The van der Waals surface area contributed by atoms with E-state index in [1.165, 1.54) is 107 Å². The van der Waals surface area contributed by atoms with E-state index in [1.807, 2.05) is 0 Å². The monoisotopic (exact) mass is 776 g/mol. The van der Waals surface area contributed by atoms with E-state index in [-0.39, 0.29) is 40.4 Å². The molecule has 0 bridgehead atoms. The molecule has 300 valence electrons. The molecule has 0 radical (unpaired) electrons. The zero-order valence-electron chi connectivity index (χ0n) is 37.7. The smallest absolute Gasteiger partial charge is 0.267 e. The van der Waals surface area contributed by atoms with Crippen LogP contribution in [0.3, 0.4) is 0 Å². The topological polar surface area (TPSA) is 15.7 Å². The van der Waals surface area contributed by atoms with Gasteiger partial charge in [0.15, 0.2) is 0 Å². The molecule has 3 heterocycles. The lowest BCUT2D eigenvalue weighted by Crippen LogP contribution is -2.65. The minimum Gasteiger partial charge on any atom is -0.495 e. The molecule has 4 heteroatoms. The molecule has 0 saturated carbocycles. The molecule has 4 aliphatic rings. The van der Waals surface area contributed by atoms with Gasteiger partial charge in [0.2, 0.25) is 0 Å². The van der Waals surface area contributed by atoms with Crippen LogP contribution in [0.5, 0.6) is 5.75 Å². The van der Waals surface area contributed by atoms with Crippen molar-refractivity contribution >= 4 is 56.8 Å². The Labute approximate surface area is 353 Å². The summed E-state index contributed by atoms with van der Waals surface area (Å²) >= 11 is 0. The zero-order valence-corrected chi connectivity index (χ0v) is 37.7. The van der Waals surface area contributed by atoms with Gasteiger partial charge in [-0.1, -0.05) is 124 Å². The zero-order chi connectivity index (χ0) is 41.7. The predicted molar refractivity (Wildman–Crippen MR) is 253 cm³/mol. The van der Waals surface area contributed by atoms with Gasteiger partial charge >= 0.3 is 0 Å². The molecule has 3 aliphatic heterocycles. The number of anilines is 5. The Morgan fingerprint density at radius 1 is 0.627 bits per heavy atom. The number of hydrogen-bond donors (Lipinski definition) is 0. The van der Waals surface area contributed by atoms with Gasteiger partial charge in [0.25, 0.3) is 6.71 Å². The SMILES string of the molecule is Cc1cc2c3c(c1)N(c1ccc4c(c1)C(C)(C)CCC4(C)C)C1c4cc(C(C)(C)C)ccc4OC1B3c1cc3ccccc3cc1N2c1c(C)cc(C(C)(C)C)cc1C. The molecule has 0 fully saturated rings. The second-order valence-electron chi connectivity index (χ2n) is 21.9. The highest BCUT2D eigenvalue weighted by atomic mass is 16.5. The Bertz CT molecular complexity index is 2720. The van der Waals surface area contributed by atoms with Crippen LogP contribution in [0.4, 0.5) is 28.4 Å². The lowest BCUT2D eigenvalue weighted by atomic mass is 9.32.